The summed E-state index contributed by atoms with van der Waals surface area (Å²) in [6.45, 7) is 2.12. The van der Waals surface area contributed by atoms with Crippen molar-refractivity contribution in [3.63, 3.8) is 0 Å². The van der Waals surface area contributed by atoms with Crippen LogP contribution in [0, 0.1) is 6.92 Å². The molecule has 0 atom stereocenters. The lowest BCUT2D eigenvalue weighted by atomic mass is 10.1. The smallest absolute Gasteiger partial charge is 0.322 e. The average molecular weight is 429 g/mol. The van der Waals surface area contributed by atoms with Gasteiger partial charge in [-0.2, -0.15) is 18.3 Å². The van der Waals surface area contributed by atoms with Gasteiger partial charge in [-0.3, -0.25) is 19.7 Å². The maximum atomic E-state index is 12.9. The number of nitrogens with zero attached hydrogens (tertiary/aromatic N) is 3. The second-order valence-electron chi connectivity index (χ2n) is 7.21. The SMILES string of the molecule is Cc1ccc(NC(=O)c2cccc(C(F)(F)F)c2)cc1N1Cc2cn[nH]c2N(C)C1=O. The number of urea groups is 1. The molecule has 7 nitrogen and oxygen atoms in total. The Balaban J connectivity index is 1.61. The fourth-order valence-electron chi connectivity index (χ4n) is 3.43. The number of H-pyrrole nitrogens is 1. The zero-order valence-electron chi connectivity index (χ0n) is 16.6. The number of fused-ring (bicyclic) bond motifs is 1. The number of alkyl halides is 3. The molecule has 31 heavy (non-hydrogen) atoms. The van der Waals surface area contributed by atoms with E-state index in [9.17, 15) is 22.8 Å². The monoisotopic (exact) mass is 429 g/mol. The normalized spacial score (nSPS) is 13.9. The maximum absolute atomic E-state index is 12.9. The molecule has 1 aliphatic heterocycles. The van der Waals surface area contributed by atoms with Gasteiger partial charge in [0.25, 0.3) is 5.91 Å². The number of aromatic amines is 1. The highest BCUT2D eigenvalue weighted by Gasteiger charge is 2.32. The number of anilines is 3. The molecule has 2 N–H and O–H groups in total. The van der Waals surface area contributed by atoms with Gasteiger partial charge in [-0.1, -0.05) is 12.1 Å². The Morgan fingerprint density at radius 1 is 1.19 bits per heavy atom. The van der Waals surface area contributed by atoms with Gasteiger partial charge in [0, 0.05) is 23.9 Å². The molecule has 0 bridgehead atoms. The molecule has 3 amide bonds. The van der Waals surface area contributed by atoms with Crippen LogP contribution in [0.1, 0.15) is 27.0 Å². The Morgan fingerprint density at radius 3 is 2.71 bits per heavy atom. The van der Waals surface area contributed by atoms with Gasteiger partial charge in [0.1, 0.15) is 5.82 Å². The summed E-state index contributed by atoms with van der Waals surface area (Å²) in [7, 11) is 1.63. The number of benzene rings is 2. The van der Waals surface area contributed by atoms with Gasteiger partial charge in [0.05, 0.1) is 24.0 Å². The van der Waals surface area contributed by atoms with Crippen LogP contribution in [0.25, 0.3) is 0 Å². The number of halogens is 3. The summed E-state index contributed by atoms with van der Waals surface area (Å²) in [5, 5.41) is 9.37. The van der Waals surface area contributed by atoms with E-state index >= 15 is 0 Å². The van der Waals surface area contributed by atoms with Crippen LogP contribution in [0.4, 0.5) is 35.2 Å². The van der Waals surface area contributed by atoms with Crippen molar-refractivity contribution < 1.29 is 22.8 Å². The summed E-state index contributed by atoms with van der Waals surface area (Å²) in [4.78, 5) is 28.4. The van der Waals surface area contributed by atoms with Gasteiger partial charge >= 0.3 is 12.2 Å². The minimum Gasteiger partial charge on any atom is -0.322 e. The van der Waals surface area contributed by atoms with Crippen molar-refractivity contribution in [1.29, 1.82) is 0 Å². The third-order valence-corrected chi connectivity index (χ3v) is 5.09. The fraction of sp³-hybridized carbons (Fsp3) is 0.190. The van der Waals surface area contributed by atoms with E-state index in [1.54, 1.807) is 36.3 Å². The molecule has 0 fully saturated rings. The number of carbonyl (C=O) groups excluding carboxylic acids is 2. The van der Waals surface area contributed by atoms with Crippen LogP contribution in [0.5, 0.6) is 0 Å². The van der Waals surface area contributed by atoms with Crippen molar-refractivity contribution in [2.45, 2.75) is 19.6 Å². The summed E-state index contributed by atoms with van der Waals surface area (Å²) in [6, 6.07) is 8.91. The molecule has 0 saturated carbocycles. The topological polar surface area (TPSA) is 81.3 Å². The average Bonchev–Trinajstić information content (AvgIpc) is 3.20. The number of aryl methyl sites for hydroxylation is 1. The van der Waals surface area contributed by atoms with Crippen LogP contribution in [-0.2, 0) is 12.7 Å². The summed E-state index contributed by atoms with van der Waals surface area (Å²) < 4.78 is 38.8. The maximum Gasteiger partial charge on any atom is 0.416 e. The van der Waals surface area contributed by atoms with Crippen molar-refractivity contribution in [2.24, 2.45) is 0 Å². The number of hydrogen-bond acceptors (Lipinski definition) is 3. The molecule has 0 saturated heterocycles. The van der Waals surface area contributed by atoms with Crippen LogP contribution in [0.2, 0.25) is 0 Å². The van der Waals surface area contributed by atoms with Crippen molar-refractivity contribution in [3.8, 4) is 0 Å². The second kappa shape index (κ2) is 7.46. The van der Waals surface area contributed by atoms with E-state index < -0.39 is 17.6 Å². The second-order valence-corrected chi connectivity index (χ2v) is 7.21. The van der Waals surface area contributed by atoms with Crippen molar-refractivity contribution in [2.75, 3.05) is 22.2 Å². The van der Waals surface area contributed by atoms with Gasteiger partial charge in [0.15, 0.2) is 0 Å². The minimum atomic E-state index is -4.54. The van der Waals surface area contributed by atoms with Crippen molar-refractivity contribution in [3.05, 3.63) is 70.9 Å². The molecule has 3 aromatic rings. The third-order valence-electron chi connectivity index (χ3n) is 5.09. The first kappa shape index (κ1) is 20.5. The quantitative estimate of drug-likeness (QED) is 0.640. The number of rotatable bonds is 3. The van der Waals surface area contributed by atoms with Crippen molar-refractivity contribution >= 4 is 29.1 Å². The first-order valence-electron chi connectivity index (χ1n) is 9.32. The Morgan fingerprint density at radius 2 is 1.97 bits per heavy atom. The largest absolute Gasteiger partial charge is 0.416 e. The lowest BCUT2D eigenvalue weighted by Crippen LogP contribution is -2.45. The van der Waals surface area contributed by atoms with Crippen LogP contribution >= 0.6 is 0 Å². The molecule has 0 radical (unpaired) electrons. The first-order chi connectivity index (χ1) is 14.6. The Kier molecular flexibility index (Phi) is 4.92. The minimum absolute atomic E-state index is 0.117. The molecular weight excluding hydrogens is 411 g/mol. The predicted octanol–water partition coefficient (Wildman–Crippen LogP) is 4.57. The molecule has 2 heterocycles. The van der Waals surface area contributed by atoms with E-state index in [-0.39, 0.29) is 11.6 Å². The molecule has 0 aliphatic carbocycles. The van der Waals surface area contributed by atoms with Crippen LogP contribution in [-0.4, -0.2) is 29.2 Å². The van der Waals surface area contributed by atoms with Crippen LogP contribution in [0.3, 0.4) is 0 Å². The number of aromatic nitrogens is 2. The molecule has 160 valence electrons. The molecule has 0 unspecified atom stereocenters. The summed E-state index contributed by atoms with van der Waals surface area (Å²) >= 11 is 0. The van der Waals surface area contributed by atoms with E-state index in [4.69, 9.17) is 0 Å². The highest BCUT2D eigenvalue weighted by molar-refractivity contribution is 6.07. The highest BCUT2D eigenvalue weighted by Crippen LogP contribution is 2.33. The first-order valence-corrected chi connectivity index (χ1v) is 9.32. The molecule has 10 heteroatoms. The summed E-state index contributed by atoms with van der Waals surface area (Å²) in [5.41, 5.74) is 1.55. The lowest BCUT2D eigenvalue weighted by Gasteiger charge is -2.33. The van der Waals surface area contributed by atoms with E-state index in [1.807, 2.05) is 6.92 Å². The molecule has 2 aromatic carbocycles. The van der Waals surface area contributed by atoms with Gasteiger partial charge in [0.2, 0.25) is 0 Å². The zero-order valence-corrected chi connectivity index (χ0v) is 16.6. The van der Waals surface area contributed by atoms with E-state index in [0.717, 1.165) is 23.3 Å². The number of carbonyl (C=O) groups is 2. The summed E-state index contributed by atoms with van der Waals surface area (Å²) in [5.74, 6) is -0.0620. The molecule has 0 spiro atoms. The van der Waals surface area contributed by atoms with E-state index in [1.165, 1.54) is 17.0 Å². The lowest BCUT2D eigenvalue weighted by molar-refractivity contribution is -0.137. The standard InChI is InChI=1S/C21H18F3N5O2/c1-12-6-7-16(26-19(30)13-4-3-5-15(8-13)21(22,23)24)9-17(12)29-11-14-10-25-27-18(14)28(2)20(29)31/h3-10H,11H2,1-2H3,(H,25,27)(H,26,30). The molecular formula is C21H18F3N5O2. The van der Waals surface area contributed by atoms with Gasteiger partial charge < -0.3 is 5.32 Å². The van der Waals surface area contributed by atoms with Crippen LogP contribution < -0.4 is 15.1 Å². The zero-order chi connectivity index (χ0) is 22.3. The van der Waals surface area contributed by atoms with Gasteiger partial charge in [-0.15, -0.1) is 0 Å². The number of amides is 3. The Bertz CT molecular complexity index is 1170. The van der Waals surface area contributed by atoms with Gasteiger partial charge in [-0.25, -0.2) is 4.79 Å². The fourth-order valence-corrected chi connectivity index (χ4v) is 3.43. The van der Waals surface area contributed by atoms with Crippen LogP contribution in [0.15, 0.2) is 48.7 Å². The molecule has 1 aliphatic rings. The van der Waals surface area contributed by atoms with Gasteiger partial charge in [-0.05, 0) is 42.8 Å². The Hall–Kier alpha value is -3.82. The molecule has 4 rings (SSSR count). The number of hydrogen-bond donors (Lipinski definition) is 2. The Labute approximate surface area is 175 Å². The van der Waals surface area contributed by atoms with E-state index in [2.05, 4.69) is 15.5 Å². The summed E-state index contributed by atoms with van der Waals surface area (Å²) in [6.07, 6.45) is -2.90. The third kappa shape index (κ3) is 3.83. The number of nitrogens with one attached hydrogen (secondary N) is 2. The van der Waals surface area contributed by atoms with E-state index in [0.29, 0.717) is 23.7 Å². The van der Waals surface area contributed by atoms with Crippen molar-refractivity contribution in [1.82, 2.24) is 10.2 Å². The predicted molar refractivity (Wildman–Crippen MR) is 109 cm³/mol. The highest BCUT2D eigenvalue weighted by atomic mass is 19.4. The molecule has 1 aromatic heterocycles.